The van der Waals surface area contributed by atoms with Crippen molar-refractivity contribution in [3.63, 3.8) is 0 Å². The molecule has 0 amide bonds. The van der Waals surface area contributed by atoms with Crippen LogP contribution in [0.1, 0.15) is 37.3 Å². The van der Waals surface area contributed by atoms with Crippen LogP contribution in [0.5, 0.6) is 0 Å². The molecule has 0 saturated carbocycles. The highest BCUT2D eigenvalue weighted by Gasteiger charge is 2.23. The van der Waals surface area contributed by atoms with Crippen molar-refractivity contribution in [2.24, 2.45) is 0 Å². The van der Waals surface area contributed by atoms with Crippen LogP contribution in [0, 0.1) is 0 Å². The fourth-order valence-electron chi connectivity index (χ4n) is 2.87. The summed E-state index contributed by atoms with van der Waals surface area (Å²) in [7, 11) is 2.22. The van der Waals surface area contributed by atoms with Gasteiger partial charge >= 0.3 is 0 Å². The van der Waals surface area contributed by atoms with Gasteiger partial charge in [0.15, 0.2) is 5.82 Å². The largest absolute Gasteiger partial charge is 0.303 e. The first-order chi connectivity index (χ1) is 7.83. The summed E-state index contributed by atoms with van der Waals surface area (Å²) >= 11 is 0. The summed E-state index contributed by atoms with van der Waals surface area (Å²) in [5.41, 5.74) is 0. The quantitative estimate of drug-likeness (QED) is 0.752. The summed E-state index contributed by atoms with van der Waals surface area (Å²) in [4.78, 5) is 7.12. The Morgan fingerprint density at radius 3 is 2.94 bits per heavy atom. The molecule has 0 bridgehead atoms. The summed E-state index contributed by atoms with van der Waals surface area (Å²) in [6.45, 7) is 2.31. The van der Waals surface area contributed by atoms with Crippen molar-refractivity contribution in [1.29, 1.82) is 0 Å². The van der Waals surface area contributed by atoms with Gasteiger partial charge in [-0.25, -0.2) is 9.67 Å². The molecule has 88 valence electrons. The Kier molecular flexibility index (Phi) is 2.67. The van der Waals surface area contributed by atoms with E-state index in [4.69, 9.17) is 0 Å². The lowest BCUT2D eigenvalue weighted by Crippen LogP contribution is -2.27. The molecule has 0 spiro atoms. The van der Waals surface area contributed by atoms with Crippen molar-refractivity contribution < 1.29 is 0 Å². The van der Waals surface area contributed by atoms with Crippen LogP contribution in [0.2, 0.25) is 0 Å². The van der Waals surface area contributed by atoms with Crippen LogP contribution in [-0.2, 0) is 19.4 Å². The third-order valence-corrected chi connectivity index (χ3v) is 3.90. The smallest absolute Gasteiger partial charge is 0.152 e. The lowest BCUT2D eigenvalue weighted by Gasteiger charge is -2.17. The molecule has 4 nitrogen and oxygen atoms in total. The van der Waals surface area contributed by atoms with Crippen molar-refractivity contribution in [1.82, 2.24) is 19.7 Å². The van der Waals surface area contributed by atoms with Crippen LogP contribution in [0.15, 0.2) is 0 Å². The second-order valence-electron chi connectivity index (χ2n) is 5.11. The first-order valence-electron chi connectivity index (χ1n) is 6.46. The Morgan fingerprint density at radius 2 is 2.19 bits per heavy atom. The lowest BCUT2D eigenvalue weighted by molar-refractivity contribution is 0.305. The third-order valence-electron chi connectivity index (χ3n) is 3.90. The molecule has 4 heteroatoms. The van der Waals surface area contributed by atoms with Gasteiger partial charge in [0.2, 0.25) is 0 Å². The predicted molar refractivity (Wildman–Crippen MR) is 62.3 cm³/mol. The van der Waals surface area contributed by atoms with Crippen molar-refractivity contribution in [2.75, 3.05) is 13.6 Å². The summed E-state index contributed by atoms with van der Waals surface area (Å²) < 4.78 is 2.12. The minimum absolute atomic E-state index is 0.671. The molecule has 1 aromatic rings. The van der Waals surface area contributed by atoms with E-state index in [2.05, 4.69) is 26.7 Å². The molecule has 3 rings (SSSR count). The van der Waals surface area contributed by atoms with Gasteiger partial charge in [0, 0.05) is 25.4 Å². The minimum Gasteiger partial charge on any atom is -0.303 e. The zero-order valence-electron chi connectivity index (χ0n) is 10.0. The first kappa shape index (κ1) is 10.3. The fraction of sp³-hybridized carbons (Fsp3) is 0.833. The van der Waals surface area contributed by atoms with Gasteiger partial charge in [-0.1, -0.05) is 0 Å². The van der Waals surface area contributed by atoms with E-state index >= 15 is 0 Å². The maximum atomic E-state index is 4.67. The van der Waals surface area contributed by atoms with Gasteiger partial charge in [-0.2, -0.15) is 5.10 Å². The summed E-state index contributed by atoms with van der Waals surface area (Å²) in [6, 6.07) is 0.671. The highest BCUT2D eigenvalue weighted by Crippen LogP contribution is 2.19. The number of hydrogen-bond donors (Lipinski definition) is 0. The molecule has 0 radical (unpaired) electrons. The van der Waals surface area contributed by atoms with Crippen molar-refractivity contribution in [3.8, 4) is 0 Å². The Hall–Kier alpha value is -0.900. The van der Waals surface area contributed by atoms with E-state index in [0.717, 1.165) is 25.2 Å². The molecule has 0 aromatic carbocycles. The number of rotatable bonds is 2. The number of hydrogen-bond acceptors (Lipinski definition) is 3. The number of aryl methyl sites for hydroxylation is 2. The van der Waals surface area contributed by atoms with E-state index < -0.39 is 0 Å². The molecular formula is C12H20N4. The van der Waals surface area contributed by atoms with Crippen LogP contribution in [0.3, 0.4) is 0 Å². The average molecular weight is 220 g/mol. The second kappa shape index (κ2) is 4.17. The number of likely N-dealkylation sites (tertiary alicyclic amines) is 1. The Labute approximate surface area is 96.7 Å². The van der Waals surface area contributed by atoms with E-state index in [1.54, 1.807) is 0 Å². The summed E-state index contributed by atoms with van der Waals surface area (Å²) in [5, 5.41) is 4.63. The summed E-state index contributed by atoms with van der Waals surface area (Å²) in [6.07, 6.45) is 7.33. The number of nitrogens with zero attached hydrogens (tertiary/aromatic N) is 4. The van der Waals surface area contributed by atoms with Crippen LogP contribution >= 0.6 is 0 Å². The van der Waals surface area contributed by atoms with E-state index in [0.29, 0.717) is 6.04 Å². The molecule has 1 saturated heterocycles. The van der Waals surface area contributed by atoms with Gasteiger partial charge in [-0.15, -0.1) is 0 Å². The number of aromatic nitrogens is 3. The molecule has 0 N–H and O–H groups in total. The normalized spacial score (nSPS) is 25.9. The predicted octanol–water partition coefficient (Wildman–Crippen LogP) is 1.25. The molecule has 1 aromatic heterocycles. The van der Waals surface area contributed by atoms with Crippen LogP contribution < -0.4 is 0 Å². The van der Waals surface area contributed by atoms with Gasteiger partial charge in [-0.05, 0) is 39.3 Å². The van der Waals surface area contributed by atoms with E-state index in [1.807, 2.05) is 0 Å². The zero-order chi connectivity index (χ0) is 11.0. The monoisotopic (exact) mass is 220 g/mol. The van der Waals surface area contributed by atoms with Gasteiger partial charge in [0.05, 0.1) is 0 Å². The molecular weight excluding hydrogens is 200 g/mol. The minimum atomic E-state index is 0.671. The molecule has 3 heterocycles. The average Bonchev–Trinajstić information content (AvgIpc) is 2.85. The van der Waals surface area contributed by atoms with E-state index in [1.165, 1.54) is 38.1 Å². The Bertz CT molecular complexity index is 348. The lowest BCUT2D eigenvalue weighted by atomic mass is 10.1. The molecule has 1 unspecified atom stereocenters. The third kappa shape index (κ3) is 1.86. The van der Waals surface area contributed by atoms with Gasteiger partial charge in [0.1, 0.15) is 5.82 Å². The maximum absolute atomic E-state index is 4.67. The zero-order valence-corrected chi connectivity index (χ0v) is 10.0. The first-order valence-corrected chi connectivity index (χ1v) is 6.46. The number of likely N-dealkylation sites (N-methyl/N-ethyl adjacent to an activating group) is 1. The van der Waals surface area contributed by atoms with Crippen molar-refractivity contribution in [2.45, 2.75) is 51.1 Å². The van der Waals surface area contributed by atoms with Crippen molar-refractivity contribution >= 4 is 0 Å². The molecule has 0 aliphatic carbocycles. The SMILES string of the molecule is CN1CCCC1Cc1nc2n(n1)CCCC2. The molecule has 1 atom stereocenters. The maximum Gasteiger partial charge on any atom is 0.152 e. The molecule has 16 heavy (non-hydrogen) atoms. The second-order valence-corrected chi connectivity index (χ2v) is 5.11. The fourth-order valence-corrected chi connectivity index (χ4v) is 2.87. The van der Waals surface area contributed by atoms with Crippen LogP contribution in [-0.4, -0.2) is 39.3 Å². The van der Waals surface area contributed by atoms with E-state index in [-0.39, 0.29) is 0 Å². The van der Waals surface area contributed by atoms with Crippen LogP contribution in [0.25, 0.3) is 0 Å². The highest BCUT2D eigenvalue weighted by atomic mass is 15.4. The number of fused-ring (bicyclic) bond motifs is 1. The standard InChI is InChI=1S/C12H20N4/c1-15-7-4-5-10(15)9-11-13-12-6-2-3-8-16(12)14-11/h10H,2-9H2,1H3. The molecule has 2 aliphatic heterocycles. The van der Waals surface area contributed by atoms with Crippen LogP contribution in [0.4, 0.5) is 0 Å². The highest BCUT2D eigenvalue weighted by molar-refractivity contribution is 4.98. The molecule has 1 fully saturated rings. The van der Waals surface area contributed by atoms with Gasteiger partial charge in [0.25, 0.3) is 0 Å². The van der Waals surface area contributed by atoms with E-state index in [9.17, 15) is 0 Å². The Morgan fingerprint density at radius 1 is 1.25 bits per heavy atom. The topological polar surface area (TPSA) is 34.0 Å². The van der Waals surface area contributed by atoms with Crippen molar-refractivity contribution in [3.05, 3.63) is 11.6 Å². The molecule has 2 aliphatic rings. The Balaban J connectivity index is 1.72. The van der Waals surface area contributed by atoms with Gasteiger partial charge < -0.3 is 4.90 Å². The summed E-state index contributed by atoms with van der Waals surface area (Å²) in [5.74, 6) is 2.28. The van der Waals surface area contributed by atoms with Gasteiger partial charge in [-0.3, -0.25) is 0 Å².